The zero-order valence-electron chi connectivity index (χ0n) is 19.1. The van der Waals surface area contributed by atoms with E-state index in [-0.39, 0.29) is 23.8 Å². The van der Waals surface area contributed by atoms with Gasteiger partial charge >= 0.3 is 0 Å². The fourth-order valence-corrected chi connectivity index (χ4v) is 5.35. The molecule has 0 N–H and O–H groups in total. The first kappa shape index (κ1) is 22.0. The number of likely N-dealkylation sites (N-methyl/N-ethyl adjacent to an activating group) is 1. The average molecular weight is 435 g/mol. The molecular weight excluding hydrogens is 404 g/mol. The molecule has 7 nitrogen and oxygen atoms in total. The van der Waals surface area contributed by atoms with Crippen molar-refractivity contribution in [2.75, 3.05) is 27.2 Å². The molecule has 0 bridgehead atoms. The van der Waals surface area contributed by atoms with Gasteiger partial charge in [-0.05, 0) is 50.5 Å². The van der Waals surface area contributed by atoms with Gasteiger partial charge in [0, 0.05) is 45.0 Å². The van der Waals surface area contributed by atoms with Crippen LogP contribution in [0.5, 0.6) is 0 Å². The van der Waals surface area contributed by atoms with Crippen LogP contribution in [0.25, 0.3) is 0 Å². The third-order valence-corrected chi connectivity index (χ3v) is 6.74. The van der Waals surface area contributed by atoms with E-state index in [0.717, 1.165) is 5.56 Å². The maximum atomic E-state index is 13.6. The average Bonchev–Trinajstić information content (AvgIpc) is 2.79. The van der Waals surface area contributed by atoms with Crippen molar-refractivity contribution in [2.45, 2.75) is 44.2 Å². The standard InChI is InChI=1S/C25H30N4O3/c1-17(2)29-22(30)19-10-6-5-9-18(19)21(24(32)27(3)4)25(29)12-15-28(16-13-25)23(31)20-11-7-8-14-26-20/h5-11,14,17,21H,12-13,15-16H2,1-4H3. The molecule has 1 aromatic heterocycles. The third-order valence-electron chi connectivity index (χ3n) is 6.74. The zero-order valence-corrected chi connectivity index (χ0v) is 19.1. The van der Waals surface area contributed by atoms with E-state index in [1.807, 2.05) is 43.0 Å². The highest BCUT2D eigenvalue weighted by Crippen LogP contribution is 2.48. The lowest BCUT2D eigenvalue weighted by Gasteiger charge is -2.56. The Balaban J connectivity index is 1.75. The lowest BCUT2D eigenvalue weighted by Crippen LogP contribution is -2.67. The van der Waals surface area contributed by atoms with Crippen molar-refractivity contribution >= 4 is 17.7 Å². The Morgan fingerprint density at radius 2 is 1.72 bits per heavy atom. The molecule has 4 rings (SSSR count). The number of hydrogen-bond donors (Lipinski definition) is 0. The minimum atomic E-state index is -0.679. The molecule has 0 saturated carbocycles. The smallest absolute Gasteiger partial charge is 0.272 e. The summed E-state index contributed by atoms with van der Waals surface area (Å²) in [4.78, 5) is 49.6. The number of amides is 3. The fourth-order valence-electron chi connectivity index (χ4n) is 5.35. The van der Waals surface area contributed by atoms with Crippen LogP contribution in [-0.4, -0.2) is 76.2 Å². The van der Waals surface area contributed by atoms with Gasteiger partial charge in [-0.2, -0.15) is 0 Å². The van der Waals surface area contributed by atoms with Gasteiger partial charge in [0.05, 0.1) is 11.5 Å². The minimum absolute atomic E-state index is 0.0138. The van der Waals surface area contributed by atoms with Crippen LogP contribution in [0.3, 0.4) is 0 Å². The van der Waals surface area contributed by atoms with Crippen LogP contribution in [0.2, 0.25) is 0 Å². The summed E-state index contributed by atoms with van der Waals surface area (Å²) in [5.74, 6) is -0.640. The first-order chi connectivity index (χ1) is 15.3. The second-order valence-electron chi connectivity index (χ2n) is 9.13. The van der Waals surface area contributed by atoms with Crippen LogP contribution in [0.4, 0.5) is 0 Å². The summed E-state index contributed by atoms with van der Waals surface area (Å²) in [5.41, 5.74) is 1.12. The molecular formula is C25H30N4O3. The van der Waals surface area contributed by atoms with Crippen molar-refractivity contribution in [1.82, 2.24) is 19.7 Å². The van der Waals surface area contributed by atoms with E-state index >= 15 is 0 Å². The molecule has 3 amide bonds. The minimum Gasteiger partial charge on any atom is -0.348 e. The Bertz CT molecular complexity index is 1030. The second-order valence-corrected chi connectivity index (χ2v) is 9.13. The first-order valence-corrected chi connectivity index (χ1v) is 11.1. The molecule has 32 heavy (non-hydrogen) atoms. The molecule has 2 aliphatic rings. The Morgan fingerprint density at radius 1 is 1.06 bits per heavy atom. The largest absolute Gasteiger partial charge is 0.348 e. The van der Waals surface area contributed by atoms with Crippen LogP contribution in [0.15, 0.2) is 48.7 Å². The molecule has 2 aliphatic heterocycles. The van der Waals surface area contributed by atoms with Gasteiger partial charge in [0.2, 0.25) is 5.91 Å². The third kappa shape index (κ3) is 3.45. The van der Waals surface area contributed by atoms with Crippen LogP contribution >= 0.6 is 0 Å². The lowest BCUT2D eigenvalue weighted by molar-refractivity contribution is -0.136. The van der Waals surface area contributed by atoms with Crippen molar-refractivity contribution < 1.29 is 14.4 Å². The molecule has 1 saturated heterocycles. The number of rotatable bonds is 3. The molecule has 2 aromatic rings. The number of fused-ring (bicyclic) bond motifs is 1. The van der Waals surface area contributed by atoms with Crippen molar-refractivity contribution in [3.63, 3.8) is 0 Å². The topological polar surface area (TPSA) is 73.8 Å². The van der Waals surface area contributed by atoms with Gasteiger partial charge in [0.25, 0.3) is 11.8 Å². The molecule has 0 radical (unpaired) electrons. The predicted molar refractivity (Wildman–Crippen MR) is 121 cm³/mol. The fraction of sp³-hybridized carbons (Fsp3) is 0.440. The number of benzene rings is 1. The van der Waals surface area contributed by atoms with Gasteiger partial charge in [0.15, 0.2) is 0 Å². The number of pyridine rings is 1. The van der Waals surface area contributed by atoms with Gasteiger partial charge in [-0.1, -0.05) is 24.3 Å². The van der Waals surface area contributed by atoms with Gasteiger partial charge in [0.1, 0.15) is 5.69 Å². The van der Waals surface area contributed by atoms with E-state index in [9.17, 15) is 14.4 Å². The van der Waals surface area contributed by atoms with Crippen LogP contribution in [-0.2, 0) is 4.79 Å². The van der Waals surface area contributed by atoms with E-state index in [4.69, 9.17) is 0 Å². The number of piperidine rings is 1. The summed E-state index contributed by atoms with van der Waals surface area (Å²) >= 11 is 0. The molecule has 1 spiro atoms. The Labute approximate surface area is 189 Å². The van der Waals surface area contributed by atoms with Crippen molar-refractivity contribution in [1.29, 1.82) is 0 Å². The second kappa shape index (κ2) is 8.37. The van der Waals surface area contributed by atoms with E-state index in [0.29, 0.717) is 37.2 Å². The molecule has 1 fully saturated rings. The highest BCUT2D eigenvalue weighted by Gasteiger charge is 2.56. The van der Waals surface area contributed by atoms with Crippen LogP contribution < -0.4 is 0 Å². The monoisotopic (exact) mass is 434 g/mol. The Morgan fingerprint density at radius 3 is 2.31 bits per heavy atom. The molecule has 1 unspecified atom stereocenters. The molecule has 1 atom stereocenters. The molecule has 168 valence electrons. The normalized spacial score (nSPS) is 19.8. The van der Waals surface area contributed by atoms with Gasteiger partial charge < -0.3 is 14.7 Å². The van der Waals surface area contributed by atoms with Gasteiger partial charge in [-0.3, -0.25) is 19.4 Å². The summed E-state index contributed by atoms with van der Waals surface area (Å²) in [6.45, 7) is 4.92. The van der Waals surface area contributed by atoms with Crippen molar-refractivity contribution in [3.05, 3.63) is 65.5 Å². The number of carbonyl (C=O) groups excluding carboxylic acids is 3. The predicted octanol–water partition coefficient (Wildman–Crippen LogP) is 2.79. The summed E-state index contributed by atoms with van der Waals surface area (Å²) in [6, 6.07) is 12.7. The van der Waals surface area contributed by atoms with Crippen molar-refractivity contribution in [2.24, 2.45) is 0 Å². The summed E-state index contributed by atoms with van der Waals surface area (Å²) in [6.07, 6.45) is 2.68. The molecule has 1 aromatic carbocycles. The molecule has 7 heteroatoms. The summed E-state index contributed by atoms with van der Waals surface area (Å²) < 4.78 is 0. The van der Waals surface area contributed by atoms with Crippen LogP contribution in [0.1, 0.15) is 59.0 Å². The number of aromatic nitrogens is 1. The van der Waals surface area contributed by atoms with Crippen molar-refractivity contribution in [3.8, 4) is 0 Å². The molecule has 0 aliphatic carbocycles. The van der Waals surface area contributed by atoms with Gasteiger partial charge in [-0.15, -0.1) is 0 Å². The highest BCUT2D eigenvalue weighted by atomic mass is 16.2. The van der Waals surface area contributed by atoms with E-state index in [1.54, 1.807) is 48.3 Å². The number of carbonyl (C=O) groups is 3. The van der Waals surface area contributed by atoms with E-state index < -0.39 is 11.5 Å². The Kier molecular flexibility index (Phi) is 5.75. The SMILES string of the molecule is CC(C)N1C(=O)c2ccccc2C(C(=O)N(C)C)C12CCN(C(=O)c1ccccn1)CC2. The molecule has 3 heterocycles. The summed E-state index contributed by atoms with van der Waals surface area (Å²) in [5, 5.41) is 0. The van der Waals surface area contributed by atoms with Crippen LogP contribution in [0, 0.1) is 0 Å². The van der Waals surface area contributed by atoms with Gasteiger partial charge in [-0.25, -0.2) is 0 Å². The Hall–Kier alpha value is -3.22. The van der Waals surface area contributed by atoms with E-state index in [2.05, 4.69) is 4.98 Å². The maximum absolute atomic E-state index is 13.6. The quantitative estimate of drug-likeness (QED) is 0.745. The zero-order chi connectivity index (χ0) is 23.0. The highest BCUT2D eigenvalue weighted by molar-refractivity contribution is 6.02. The lowest BCUT2D eigenvalue weighted by atomic mass is 9.66. The first-order valence-electron chi connectivity index (χ1n) is 11.1. The number of likely N-dealkylation sites (tertiary alicyclic amines) is 1. The van der Waals surface area contributed by atoms with E-state index in [1.165, 1.54) is 0 Å². The summed E-state index contributed by atoms with van der Waals surface area (Å²) in [7, 11) is 3.52. The number of hydrogen-bond acceptors (Lipinski definition) is 4. The number of nitrogens with zero attached hydrogens (tertiary/aromatic N) is 4. The maximum Gasteiger partial charge on any atom is 0.272 e.